The van der Waals surface area contributed by atoms with Crippen LogP contribution in [0.15, 0.2) is 35.4 Å². The maximum atomic E-state index is 5.94. The van der Waals surface area contributed by atoms with Gasteiger partial charge in [-0.1, -0.05) is 18.2 Å². The van der Waals surface area contributed by atoms with Gasteiger partial charge < -0.3 is 0 Å². The van der Waals surface area contributed by atoms with Gasteiger partial charge in [0.1, 0.15) is 19.1 Å². The zero-order valence-corrected chi connectivity index (χ0v) is 7.52. The summed E-state index contributed by atoms with van der Waals surface area (Å²) in [6.07, 6.45) is 5.77. The maximum Gasteiger partial charge on any atom is 0.218 e. The van der Waals surface area contributed by atoms with Crippen molar-refractivity contribution in [1.82, 2.24) is 0 Å². The molecule has 11 heavy (non-hydrogen) atoms. The van der Waals surface area contributed by atoms with E-state index in [0.29, 0.717) is 0 Å². The molecule has 0 aliphatic heterocycles. The predicted octanol–water partition coefficient (Wildman–Crippen LogP) is 1.95. The summed E-state index contributed by atoms with van der Waals surface area (Å²) < 4.78 is 1.97. The van der Waals surface area contributed by atoms with E-state index >= 15 is 0 Å². The SMILES string of the molecule is C=C1C=CC(=[N+](C)C)C(Cl)=C1. The van der Waals surface area contributed by atoms with Crippen LogP contribution in [0, 0.1) is 0 Å². The van der Waals surface area contributed by atoms with Crippen molar-refractivity contribution in [1.29, 1.82) is 0 Å². The summed E-state index contributed by atoms with van der Waals surface area (Å²) in [6, 6.07) is 0. The van der Waals surface area contributed by atoms with E-state index in [1.54, 1.807) is 0 Å². The third-order valence-electron chi connectivity index (χ3n) is 1.49. The molecule has 0 unspecified atom stereocenters. The Morgan fingerprint density at radius 2 is 2.00 bits per heavy atom. The summed E-state index contributed by atoms with van der Waals surface area (Å²) in [7, 11) is 3.92. The topological polar surface area (TPSA) is 3.01 Å². The minimum atomic E-state index is 0.752. The van der Waals surface area contributed by atoms with E-state index in [4.69, 9.17) is 11.6 Å². The molecule has 1 aliphatic rings. The molecule has 2 heteroatoms. The largest absolute Gasteiger partial charge is 0.234 e. The minimum absolute atomic E-state index is 0.752. The Hall–Kier alpha value is -0.820. The fraction of sp³-hybridized carbons (Fsp3) is 0.222. The lowest BCUT2D eigenvalue weighted by Gasteiger charge is -2.02. The molecule has 58 valence electrons. The molecule has 0 spiro atoms. The summed E-state index contributed by atoms with van der Waals surface area (Å²) in [4.78, 5) is 0. The molecule has 1 aliphatic carbocycles. The van der Waals surface area contributed by atoms with E-state index in [1.807, 2.05) is 36.9 Å². The molecule has 0 heterocycles. The molecule has 0 amide bonds. The molecular formula is C9H11ClN+. The molecule has 0 radical (unpaired) electrons. The Morgan fingerprint density at radius 3 is 2.45 bits per heavy atom. The number of rotatable bonds is 0. The van der Waals surface area contributed by atoms with Gasteiger partial charge in [-0.2, -0.15) is 0 Å². The van der Waals surface area contributed by atoms with Crippen LogP contribution in [-0.4, -0.2) is 24.4 Å². The van der Waals surface area contributed by atoms with Gasteiger partial charge in [-0.25, -0.2) is 4.58 Å². The first-order chi connectivity index (χ1) is 5.11. The first-order valence-electron chi connectivity index (χ1n) is 3.40. The normalized spacial score (nSPS) is 16.8. The Labute approximate surface area is 72.0 Å². The fourth-order valence-corrected chi connectivity index (χ4v) is 1.29. The summed E-state index contributed by atoms with van der Waals surface area (Å²) >= 11 is 5.94. The van der Waals surface area contributed by atoms with Crippen LogP contribution in [0.25, 0.3) is 0 Å². The second-order valence-corrected chi connectivity index (χ2v) is 3.09. The quantitative estimate of drug-likeness (QED) is 0.487. The van der Waals surface area contributed by atoms with Crippen molar-refractivity contribution in [3.05, 3.63) is 35.4 Å². The monoisotopic (exact) mass is 168 g/mol. The summed E-state index contributed by atoms with van der Waals surface area (Å²) in [5.41, 5.74) is 1.97. The molecule has 0 bridgehead atoms. The van der Waals surface area contributed by atoms with E-state index in [1.165, 1.54) is 0 Å². The summed E-state index contributed by atoms with van der Waals surface area (Å²) in [5, 5.41) is 0.752. The number of hydrogen-bond acceptors (Lipinski definition) is 0. The highest BCUT2D eigenvalue weighted by molar-refractivity contribution is 6.45. The highest BCUT2D eigenvalue weighted by atomic mass is 35.5. The molecule has 0 aromatic rings. The highest BCUT2D eigenvalue weighted by Gasteiger charge is 2.12. The van der Waals surface area contributed by atoms with E-state index in [-0.39, 0.29) is 0 Å². The first kappa shape index (κ1) is 8.28. The van der Waals surface area contributed by atoms with Gasteiger partial charge in [-0.3, -0.25) is 0 Å². The van der Waals surface area contributed by atoms with Crippen LogP contribution >= 0.6 is 11.6 Å². The number of nitrogens with zero attached hydrogens (tertiary/aromatic N) is 1. The van der Waals surface area contributed by atoms with Gasteiger partial charge in [0.05, 0.1) is 0 Å². The Morgan fingerprint density at radius 1 is 1.36 bits per heavy atom. The lowest BCUT2D eigenvalue weighted by molar-refractivity contribution is -0.462. The Balaban J connectivity index is 3.08. The maximum absolute atomic E-state index is 5.94. The molecule has 0 aromatic heterocycles. The van der Waals surface area contributed by atoms with Crippen LogP contribution in [0.5, 0.6) is 0 Å². The second kappa shape index (κ2) is 3.05. The lowest BCUT2D eigenvalue weighted by atomic mass is 10.1. The number of halogens is 1. The zero-order valence-electron chi connectivity index (χ0n) is 6.76. The molecular weight excluding hydrogens is 158 g/mol. The van der Waals surface area contributed by atoms with Crippen molar-refractivity contribution in [2.75, 3.05) is 14.1 Å². The lowest BCUT2D eigenvalue weighted by Crippen LogP contribution is -2.12. The van der Waals surface area contributed by atoms with E-state index in [9.17, 15) is 0 Å². The molecule has 0 aromatic carbocycles. The predicted molar refractivity (Wildman–Crippen MR) is 49.3 cm³/mol. The molecule has 1 rings (SSSR count). The fourth-order valence-electron chi connectivity index (χ4n) is 0.913. The van der Waals surface area contributed by atoms with Crippen LogP contribution in [-0.2, 0) is 0 Å². The van der Waals surface area contributed by atoms with Gasteiger partial charge in [-0.05, 0) is 17.7 Å². The zero-order chi connectivity index (χ0) is 8.43. The average molecular weight is 169 g/mol. The van der Waals surface area contributed by atoms with Crippen LogP contribution < -0.4 is 0 Å². The van der Waals surface area contributed by atoms with Crippen molar-refractivity contribution in [2.45, 2.75) is 0 Å². The standard InChI is InChI=1S/C9H11ClN/c1-7-4-5-9(11(2)3)8(10)6-7/h4-6H,1H2,2-3H3/q+1. The van der Waals surface area contributed by atoms with E-state index in [0.717, 1.165) is 16.3 Å². The van der Waals surface area contributed by atoms with Crippen molar-refractivity contribution in [3.8, 4) is 0 Å². The van der Waals surface area contributed by atoms with E-state index < -0.39 is 0 Å². The molecule has 0 fully saturated rings. The summed E-state index contributed by atoms with van der Waals surface area (Å²) in [6.45, 7) is 3.78. The summed E-state index contributed by atoms with van der Waals surface area (Å²) in [5.74, 6) is 0. The number of allylic oxidation sites excluding steroid dienone is 5. The number of hydrogen-bond donors (Lipinski definition) is 0. The molecule has 0 N–H and O–H groups in total. The second-order valence-electron chi connectivity index (χ2n) is 2.68. The van der Waals surface area contributed by atoms with Crippen molar-refractivity contribution >= 4 is 17.3 Å². The van der Waals surface area contributed by atoms with Gasteiger partial charge in [0.15, 0.2) is 0 Å². The van der Waals surface area contributed by atoms with Crippen LogP contribution in [0.2, 0.25) is 0 Å². The molecule has 0 atom stereocenters. The van der Waals surface area contributed by atoms with Gasteiger partial charge in [-0.15, -0.1) is 0 Å². The van der Waals surface area contributed by atoms with Crippen LogP contribution in [0.1, 0.15) is 0 Å². The third-order valence-corrected chi connectivity index (χ3v) is 1.80. The van der Waals surface area contributed by atoms with Crippen LogP contribution in [0.3, 0.4) is 0 Å². The molecule has 0 saturated carbocycles. The van der Waals surface area contributed by atoms with Crippen molar-refractivity contribution in [2.24, 2.45) is 0 Å². The van der Waals surface area contributed by atoms with Gasteiger partial charge in [0.2, 0.25) is 5.71 Å². The highest BCUT2D eigenvalue weighted by Crippen LogP contribution is 2.14. The van der Waals surface area contributed by atoms with Gasteiger partial charge in [0.25, 0.3) is 0 Å². The third kappa shape index (κ3) is 1.81. The van der Waals surface area contributed by atoms with Crippen molar-refractivity contribution < 1.29 is 4.58 Å². The Kier molecular flexibility index (Phi) is 2.30. The molecule has 1 nitrogen and oxygen atoms in total. The van der Waals surface area contributed by atoms with E-state index in [2.05, 4.69) is 6.58 Å². The smallest absolute Gasteiger partial charge is 0.218 e. The Bertz CT molecular complexity index is 278. The van der Waals surface area contributed by atoms with Crippen molar-refractivity contribution in [3.63, 3.8) is 0 Å². The average Bonchev–Trinajstić information content (AvgIpc) is 1.85. The van der Waals surface area contributed by atoms with Gasteiger partial charge in [0, 0.05) is 6.08 Å². The van der Waals surface area contributed by atoms with Gasteiger partial charge >= 0.3 is 0 Å². The van der Waals surface area contributed by atoms with Crippen LogP contribution in [0.4, 0.5) is 0 Å². The molecule has 0 saturated heterocycles. The first-order valence-corrected chi connectivity index (χ1v) is 3.78. The minimum Gasteiger partial charge on any atom is -0.234 e.